The number of hydrogen-bond donors (Lipinski definition) is 2. The molecule has 2 aliphatic heterocycles. The third-order valence-corrected chi connectivity index (χ3v) is 8.43. The molecular weight excluding hydrogens is 485 g/mol. The average molecular weight is 526 g/mol. The zero-order chi connectivity index (χ0) is 26.7. The standard InChI is InChI=1S/C30H40FN3O4/c1-30(12-13-30)21-17-24(27(37-2)25(31)18-21)26(29(35)36)34-15-11-23(19-34)38-16-5-3-4-8-22-10-9-20-7-6-14-32-28(20)33-22/h9-10,17-18,23,26H,3-8,11-16,19H2,1-2H3,(H,32,33)(H,35,36)/t23-,26+/m1/s1. The van der Waals surface area contributed by atoms with Gasteiger partial charge < -0.3 is 19.9 Å². The van der Waals surface area contributed by atoms with Crippen LogP contribution in [0.2, 0.25) is 0 Å². The van der Waals surface area contributed by atoms with Gasteiger partial charge in [-0.15, -0.1) is 0 Å². The van der Waals surface area contributed by atoms with E-state index in [-0.39, 0.29) is 17.3 Å². The van der Waals surface area contributed by atoms with Crippen molar-refractivity contribution in [1.29, 1.82) is 0 Å². The first-order chi connectivity index (χ1) is 18.4. The van der Waals surface area contributed by atoms with E-state index >= 15 is 0 Å². The molecule has 1 aliphatic carbocycles. The number of likely N-dealkylation sites (tertiary alicyclic amines) is 1. The van der Waals surface area contributed by atoms with Crippen LogP contribution in [0.3, 0.4) is 0 Å². The lowest BCUT2D eigenvalue weighted by atomic mass is 9.92. The maximum atomic E-state index is 14.9. The zero-order valence-electron chi connectivity index (χ0n) is 22.6. The molecule has 2 aromatic rings. The van der Waals surface area contributed by atoms with Gasteiger partial charge in [0.1, 0.15) is 11.9 Å². The van der Waals surface area contributed by atoms with Gasteiger partial charge in [-0.3, -0.25) is 9.69 Å². The van der Waals surface area contributed by atoms with Gasteiger partial charge in [0.2, 0.25) is 0 Å². The number of unbranched alkanes of at least 4 members (excludes halogenated alkanes) is 2. The number of ether oxygens (including phenoxy) is 2. The minimum absolute atomic E-state index is 0.0230. The van der Waals surface area contributed by atoms with Crippen molar-refractivity contribution in [3.63, 3.8) is 0 Å². The van der Waals surface area contributed by atoms with Gasteiger partial charge in [-0.05, 0) is 86.1 Å². The summed E-state index contributed by atoms with van der Waals surface area (Å²) in [4.78, 5) is 19.1. The van der Waals surface area contributed by atoms with E-state index in [0.29, 0.717) is 25.3 Å². The second-order valence-corrected chi connectivity index (χ2v) is 11.3. The number of aryl methyl sites for hydroxylation is 2. The van der Waals surface area contributed by atoms with Crippen LogP contribution < -0.4 is 10.1 Å². The Morgan fingerprint density at radius 1 is 1.29 bits per heavy atom. The van der Waals surface area contributed by atoms with Gasteiger partial charge in [-0.1, -0.05) is 19.4 Å². The SMILES string of the molecule is COc1c(F)cc(C2(C)CC2)cc1[C@@H](C(=O)O)N1CC[C@@H](OCCCCCc2ccc3c(n2)NCCC3)C1. The third-order valence-electron chi connectivity index (χ3n) is 8.43. The van der Waals surface area contributed by atoms with E-state index in [9.17, 15) is 14.3 Å². The Morgan fingerprint density at radius 3 is 2.89 bits per heavy atom. The number of nitrogens with zero attached hydrogens (tertiary/aromatic N) is 2. The summed E-state index contributed by atoms with van der Waals surface area (Å²) in [7, 11) is 1.40. The van der Waals surface area contributed by atoms with E-state index in [1.165, 1.54) is 25.2 Å². The van der Waals surface area contributed by atoms with E-state index < -0.39 is 17.8 Å². The maximum Gasteiger partial charge on any atom is 0.325 e. The van der Waals surface area contributed by atoms with Gasteiger partial charge in [0.15, 0.2) is 11.6 Å². The first kappa shape index (κ1) is 26.9. The van der Waals surface area contributed by atoms with Crippen molar-refractivity contribution < 1.29 is 23.8 Å². The zero-order valence-corrected chi connectivity index (χ0v) is 22.6. The summed E-state index contributed by atoms with van der Waals surface area (Å²) >= 11 is 0. The molecule has 2 atom stereocenters. The number of nitrogens with one attached hydrogen (secondary N) is 1. The van der Waals surface area contributed by atoms with Crippen LogP contribution in [0.1, 0.15) is 80.3 Å². The Kier molecular flexibility index (Phi) is 8.19. The number of carboxylic acids is 1. The maximum absolute atomic E-state index is 14.9. The highest BCUT2D eigenvalue weighted by Crippen LogP contribution is 2.49. The molecule has 1 aromatic heterocycles. The molecule has 2 fully saturated rings. The minimum atomic E-state index is -0.993. The largest absolute Gasteiger partial charge is 0.493 e. The van der Waals surface area contributed by atoms with E-state index in [1.54, 1.807) is 0 Å². The molecule has 1 aromatic carbocycles. The highest BCUT2D eigenvalue weighted by Gasteiger charge is 2.42. The fourth-order valence-corrected chi connectivity index (χ4v) is 5.81. The molecule has 0 unspecified atom stereocenters. The number of pyridine rings is 1. The number of halogens is 1. The average Bonchev–Trinajstić information content (AvgIpc) is 3.50. The van der Waals surface area contributed by atoms with Crippen LogP contribution in [0, 0.1) is 5.82 Å². The number of carbonyl (C=O) groups is 1. The van der Waals surface area contributed by atoms with Crippen molar-refractivity contribution >= 4 is 11.8 Å². The molecule has 206 valence electrons. The lowest BCUT2D eigenvalue weighted by Gasteiger charge is -2.27. The van der Waals surface area contributed by atoms with E-state index in [1.807, 2.05) is 11.0 Å². The van der Waals surface area contributed by atoms with Crippen molar-refractivity contribution in [2.45, 2.75) is 82.3 Å². The van der Waals surface area contributed by atoms with Gasteiger partial charge >= 0.3 is 5.97 Å². The summed E-state index contributed by atoms with van der Waals surface area (Å²) in [6.45, 7) is 4.85. The second kappa shape index (κ2) is 11.6. The quantitative estimate of drug-likeness (QED) is 0.365. The number of anilines is 1. The predicted molar refractivity (Wildman–Crippen MR) is 144 cm³/mol. The van der Waals surface area contributed by atoms with Gasteiger partial charge in [0.05, 0.1) is 13.2 Å². The number of aromatic nitrogens is 1. The van der Waals surface area contributed by atoms with Crippen LogP contribution in [0.5, 0.6) is 5.75 Å². The van der Waals surface area contributed by atoms with Crippen LogP contribution in [0.25, 0.3) is 0 Å². The number of carboxylic acid groups (broad SMARTS) is 1. The van der Waals surface area contributed by atoms with Crippen LogP contribution >= 0.6 is 0 Å². The summed E-state index contributed by atoms with van der Waals surface area (Å²) < 4.78 is 26.4. The Hall–Kier alpha value is -2.71. The van der Waals surface area contributed by atoms with Crippen molar-refractivity contribution in [2.24, 2.45) is 0 Å². The number of hydrogen-bond acceptors (Lipinski definition) is 6. The first-order valence-corrected chi connectivity index (χ1v) is 14.1. The monoisotopic (exact) mass is 525 g/mol. The van der Waals surface area contributed by atoms with Crippen LogP contribution in [-0.4, -0.2) is 60.4 Å². The van der Waals surface area contributed by atoms with Crippen molar-refractivity contribution in [2.75, 3.05) is 38.7 Å². The molecule has 3 aliphatic rings. The lowest BCUT2D eigenvalue weighted by molar-refractivity contribution is -0.143. The Balaban J connectivity index is 1.11. The Labute approximate surface area is 224 Å². The highest BCUT2D eigenvalue weighted by molar-refractivity contribution is 5.77. The Bertz CT molecular complexity index is 1150. The van der Waals surface area contributed by atoms with E-state index in [4.69, 9.17) is 14.5 Å². The van der Waals surface area contributed by atoms with Gasteiger partial charge in [0, 0.05) is 37.5 Å². The van der Waals surface area contributed by atoms with Crippen LogP contribution in [-0.2, 0) is 27.8 Å². The number of aliphatic carboxylic acids is 1. The molecule has 0 bridgehead atoms. The highest BCUT2D eigenvalue weighted by atomic mass is 19.1. The molecule has 8 heteroatoms. The molecule has 0 radical (unpaired) electrons. The normalized spacial score (nSPS) is 21.0. The van der Waals surface area contributed by atoms with Gasteiger partial charge in [-0.25, -0.2) is 9.37 Å². The number of rotatable bonds is 12. The smallest absolute Gasteiger partial charge is 0.325 e. The van der Waals surface area contributed by atoms with Crippen LogP contribution in [0.15, 0.2) is 24.3 Å². The third kappa shape index (κ3) is 5.96. The summed E-state index contributed by atoms with van der Waals surface area (Å²) in [6, 6.07) is 6.73. The van der Waals surface area contributed by atoms with Crippen molar-refractivity contribution in [1.82, 2.24) is 9.88 Å². The van der Waals surface area contributed by atoms with Crippen molar-refractivity contribution in [3.8, 4) is 5.75 Å². The molecule has 0 spiro atoms. The molecule has 1 saturated carbocycles. The summed E-state index contributed by atoms with van der Waals surface area (Å²) in [5.41, 5.74) is 3.63. The van der Waals surface area contributed by atoms with Crippen LogP contribution in [0.4, 0.5) is 10.2 Å². The van der Waals surface area contributed by atoms with Crippen molar-refractivity contribution in [3.05, 3.63) is 52.5 Å². The number of benzene rings is 1. The molecule has 2 N–H and O–H groups in total. The molecule has 0 amide bonds. The number of methoxy groups -OCH3 is 1. The molecule has 1 saturated heterocycles. The fourth-order valence-electron chi connectivity index (χ4n) is 5.81. The summed E-state index contributed by atoms with van der Waals surface area (Å²) in [5, 5.41) is 13.6. The first-order valence-electron chi connectivity index (χ1n) is 14.1. The fraction of sp³-hybridized carbons (Fsp3) is 0.600. The second-order valence-electron chi connectivity index (χ2n) is 11.3. The van der Waals surface area contributed by atoms with E-state index in [2.05, 4.69) is 24.4 Å². The lowest BCUT2D eigenvalue weighted by Crippen LogP contribution is -2.34. The molecule has 3 heterocycles. The minimum Gasteiger partial charge on any atom is -0.493 e. The summed E-state index contributed by atoms with van der Waals surface area (Å²) in [5.74, 6) is -0.406. The van der Waals surface area contributed by atoms with Gasteiger partial charge in [0.25, 0.3) is 0 Å². The number of fused-ring (bicyclic) bond motifs is 1. The Morgan fingerprint density at radius 2 is 2.13 bits per heavy atom. The molecule has 7 nitrogen and oxygen atoms in total. The molecule has 38 heavy (non-hydrogen) atoms. The van der Waals surface area contributed by atoms with Gasteiger partial charge in [-0.2, -0.15) is 0 Å². The molecule has 5 rings (SSSR count). The summed E-state index contributed by atoms with van der Waals surface area (Å²) in [6.07, 6.45) is 9.02. The molecular formula is C30H40FN3O4. The van der Waals surface area contributed by atoms with E-state index in [0.717, 1.165) is 75.0 Å². The topological polar surface area (TPSA) is 83.9 Å². The predicted octanol–water partition coefficient (Wildman–Crippen LogP) is 5.27.